The fourth-order valence-electron chi connectivity index (χ4n) is 12.9. The van der Waals surface area contributed by atoms with Crippen molar-refractivity contribution in [2.75, 3.05) is 6.61 Å². The topological polar surface area (TPSA) is 155 Å². The molecule has 5 aliphatic carbocycles. The van der Waals surface area contributed by atoms with E-state index >= 15 is 0 Å². The number of aliphatic hydroxyl groups excluding tert-OH is 1. The van der Waals surface area contributed by atoms with Crippen LogP contribution in [0.25, 0.3) is 0 Å². The molecule has 5 saturated carbocycles. The third kappa shape index (κ3) is 4.25. The van der Waals surface area contributed by atoms with E-state index in [2.05, 4.69) is 34.6 Å². The predicted molar refractivity (Wildman–Crippen MR) is 168 cm³/mol. The summed E-state index contributed by atoms with van der Waals surface area (Å²) in [4.78, 5) is 34.6. The van der Waals surface area contributed by atoms with Crippen LogP contribution in [0.2, 0.25) is 0 Å². The second-order valence-electron chi connectivity index (χ2n) is 17.6. The van der Waals surface area contributed by atoms with Crippen LogP contribution >= 0.6 is 0 Å². The second kappa shape index (κ2) is 10.8. The second-order valence-corrected chi connectivity index (χ2v) is 17.6. The van der Waals surface area contributed by atoms with Gasteiger partial charge in [0, 0.05) is 12.3 Å². The van der Waals surface area contributed by atoms with Crippen LogP contribution in [0.4, 0.5) is 0 Å². The number of aliphatic hydroxyl groups is 2. The largest absolute Gasteiger partial charge is 0.457 e. The highest BCUT2D eigenvalue weighted by atomic mass is 16.7. The van der Waals surface area contributed by atoms with E-state index in [9.17, 15) is 24.6 Å². The first kappa shape index (κ1) is 34.4. The molecule has 46 heavy (non-hydrogen) atoms. The van der Waals surface area contributed by atoms with Gasteiger partial charge in [0.05, 0.1) is 35.6 Å². The van der Waals surface area contributed by atoms with Gasteiger partial charge in [-0.2, -0.15) is 0 Å². The van der Waals surface area contributed by atoms with E-state index in [1.807, 2.05) is 0 Å². The van der Waals surface area contributed by atoms with Crippen molar-refractivity contribution in [3.05, 3.63) is 0 Å². The summed E-state index contributed by atoms with van der Waals surface area (Å²) in [5.41, 5.74) is 4.65. The van der Waals surface area contributed by atoms with E-state index in [4.69, 9.17) is 24.7 Å². The van der Waals surface area contributed by atoms with Gasteiger partial charge >= 0.3 is 5.97 Å². The number of ether oxygens (including phenoxy) is 4. The van der Waals surface area contributed by atoms with Crippen molar-refractivity contribution in [2.24, 2.45) is 50.6 Å². The summed E-state index contributed by atoms with van der Waals surface area (Å²) >= 11 is 0. The Bertz CT molecular complexity index is 1250. The quantitative estimate of drug-likeness (QED) is 0.192. The molecule has 0 radical (unpaired) electrons. The van der Waals surface area contributed by atoms with Gasteiger partial charge in [-0.15, -0.1) is 0 Å². The van der Waals surface area contributed by atoms with Crippen molar-refractivity contribution < 1.29 is 43.5 Å². The fourth-order valence-corrected chi connectivity index (χ4v) is 12.9. The lowest BCUT2D eigenvalue weighted by atomic mass is 9.41. The van der Waals surface area contributed by atoms with Gasteiger partial charge in [0.25, 0.3) is 0 Å². The smallest absolute Gasteiger partial charge is 0.303 e. The third-order valence-electron chi connectivity index (χ3n) is 15.3. The van der Waals surface area contributed by atoms with Gasteiger partial charge in [0.2, 0.25) is 6.29 Å². The number of hydrogen-bond acceptors (Lipinski definition) is 10. The van der Waals surface area contributed by atoms with Crippen LogP contribution in [0.5, 0.6) is 0 Å². The number of carbonyl (C=O) groups excluding carboxylic acids is 3. The van der Waals surface area contributed by atoms with E-state index in [1.165, 1.54) is 6.92 Å². The zero-order chi connectivity index (χ0) is 33.9. The van der Waals surface area contributed by atoms with Crippen molar-refractivity contribution >= 4 is 18.5 Å². The summed E-state index contributed by atoms with van der Waals surface area (Å²) in [7, 11) is 0. The lowest BCUT2D eigenvalue weighted by Gasteiger charge is -2.65. The van der Waals surface area contributed by atoms with E-state index in [0.29, 0.717) is 24.9 Å². The minimum Gasteiger partial charge on any atom is -0.457 e. The molecule has 1 unspecified atom stereocenters. The summed E-state index contributed by atoms with van der Waals surface area (Å²) in [6.07, 6.45) is 4.32. The molecule has 0 bridgehead atoms. The summed E-state index contributed by atoms with van der Waals surface area (Å²) in [5.74, 6) is 0.107. The Kier molecular flexibility index (Phi) is 8.07. The van der Waals surface area contributed by atoms with Gasteiger partial charge in [-0.25, -0.2) is 0 Å². The molecule has 0 aromatic heterocycles. The van der Waals surface area contributed by atoms with Crippen LogP contribution in [0.1, 0.15) is 107 Å². The monoisotopic (exact) mass is 647 g/mol. The molecule has 10 nitrogen and oxygen atoms in total. The summed E-state index contributed by atoms with van der Waals surface area (Å²) in [6, 6.07) is 0. The van der Waals surface area contributed by atoms with Gasteiger partial charge in [-0.3, -0.25) is 9.59 Å². The highest BCUT2D eigenvalue weighted by Gasteiger charge is 2.87. The number of esters is 1. The molecular weight excluding hydrogens is 590 g/mol. The minimum absolute atomic E-state index is 0.0192. The van der Waals surface area contributed by atoms with Crippen LogP contribution in [-0.4, -0.2) is 83.3 Å². The normalized spacial score (nSPS) is 50.0. The average molecular weight is 648 g/mol. The molecule has 6 rings (SSSR count). The number of hydrogen-bond donors (Lipinski definition) is 3. The fraction of sp³-hybridized carbons (Fsp3) is 0.917. The SMILES string of the molecule is CC(=O)O[C@@H]([C@H]1C[C@@H](C)[C@]2(C)[C@H](O1)[C@H](O)[C@@]1(N)[C@@H]3CC[C@H]4C(C)(C)[C@@H](OC(C=O)OCC=O)CC[C@@]45C[C@@]35CC[C@]21C)C(C)(C)O. The molecule has 4 N–H and O–H groups in total. The van der Waals surface area contributed by atoms with Crippen molar-refractivity contribution in [1.29, 1.82) is 0 Å². The first-order valence-electron chi connectivity index (χ1n) is 17.5. The highest BCUT2D eigenvalue weighted by molar-refractivity contribution is 5.66. The summed E-state index contributed by atoms with van der Waals surface area (Å²) in [5, 5.41) is 23.5. The van der Waals surface area contributed by atoms with E-state index < -0.39 is 58.6 Å². The molecule has 6 aliphatic rings. The minimum atomic E-state index is -1.32. The van der Waals surface area contributed by atoms with Gasteiger partial charge in [0.15, 0.2) is 12.4 Å². The van der Waals surface area contributed by atoms with Crippen LogP contribution in [0, 0.1) is 44.8 Å². The lowest BCUT2D eigenvalue weighted by Crippen LogP contribution is -2.70. The van der Waals surface area contributed by atoms with Crippen LogP contribution in [0.15, 0.2) is 0 Å². The van der Waals surface area contributed by atoms with Gasteiger partial charge in [0.1, 0.15) is 12.9 Å². The van der Waals surface area contributed by atoms with Crippen molar-refractivity contribution in [3.63, 3.8) is 0 Å². The van der Waals surface area contributed by atoms with Crippen molar-refractivity contribution in [3.8, 4) is 0 Å². The van der Waals surface area contributed by atoms with Gasteiger partial charge in [-0.05, 0) is 105 Å². The number of carbonyl (C=O) groups is 3. The Morgan fingerprint density at radius 2 is 1.72 bits per heavy atom. The maximum absolute atomic E-state index is 12.5. The standard InChI is InChI=1S/C36H57NO9/c1-20-17-22(28(31(5,6)42)44-21(2)40)45-29-27(41)36(37)24-10-9-23-30(3,4)25(46-26(18-39)43-16-15-38)11-12-34(23)19-35(24,34)14-13-32(36,7)33(20,29)8/h15,18,20,22-29,41-42H,9-14,16-17,19,37H2,1-8H3/t20-,22-,23+,24-,25+,26?,27+,28+,29-,32-,33-,34-,35+,36+/m1/s1. The molecule has 1 heterocycles. The Hall–Kier alpha value is -1.43. The van der Waals surface area contributed by atoms with Crippen LogP contribution in [-0.2, 0) is 33.3 Å². The third-order valence-corrected chi connectivity index (χ3v) is 15.3. The number of rotatable bonds is 9. The summed E-state index contributed by atoms with van der Waals surface area (Å²) < 4.78 is 24.0. The van der Waals surface area contributed by atoms with Crippen molar-refractivity contribution in [1.82, 2.24) is 0 Å². The molecule has 1 saturated heterocycles. The predicted octanol–water partition coefficient (Wildman–Crippen LogP) is 3.71. The number of nitrogens with two attached hydrogens (primary N) is 1. The maximum Gasteiger partial charge on any atom is 0.303 e. The molecule has 1 aliphatic heterocycles. The molecule has 14 atom stereocenters. The molecule has 260 valence electrons. The molecular formula is C36H57NO9. The molecule has 6 fully saturated rings. The van der Waals surface area contributed by atoms with Crippen molar-refractivity contribution in [2.45, 2.75) is 155 Å². The first-order chi connectivity index (χ1) is 21.3. The zero-order valence-electron chi connectivity index (χ0n) is 29.0. The average Bonchev–Trinajstić information content (AvgIpc) is 3.62. The Morgan fingerprint density at radius 3 is 2.33 bits per heavy atom. The van der Waals surface area contributed by atoms with Gasteiger partial charge in [-0.1, -0.05) is 34.6 Å². The Balaban J connectivity index is 1.30. The maximum atomic E-state index is 12.5. The molecule has 0 amide bonds. The Morgan fingerprint density at radius 1 is 1.07 bits per heavy atom. The lowest BCUT2D eigenvalue weighted by molar-refractivity contribution is -0.238. The number of aldehydes is 2. The summed E-state index contributed by atoms with van der Waals surface area (Å²) in [6.45, 7) is 15.7. The number of fused-ring (bicyclic) bond motifs is 4. The van der Waals surface area contributed by atoms with E-state index in [1.54, 1.807) is 13.8 Å². The molecule has 0 aromatic carbocycles. The first-order valence-corrected chi connectivity index (χ1v) is 17.5. The highest BCUT2D eigenvalue weighted by Crippen LogP contribution is 2.88. The van der Waals surface area contributed by atoms with E-state index in [0.717, 1.165) is 44.9 Å². The van der Waals surface area contributed by atoms with Crippen LogP contribution < -0.4 is 5.73 Å². The molecule has 10 heteroatoms. The Labute approximate surface area is 273 Å². The van der Waals surface area contributed by atoms with Crippen LogP contribution in [0.3, 0.4) is 0 Å². The van der Waals surface area contributed by atoms with Gasteiger partial charge < -0.3 is 39.7 Å². The van der Waals surface area contributed by atoms with E-state index in [-0.39, 0.29) is 40.8 Å². The zero-order valence-corrected chi connectivity index (χ0v) is 29.0. The molecule has 0 aromatic rings. The molecule has 2 spiro atoms.